The molecule has 0 rings (SSSR count). The summed E-state index contributed by atoms with van der Waals surface area (Å²) in [5, 5.41) is 6.81. The predicted octanol–water partition coefficient (Wildman–Crippen LogP) is 1.25. The van der Waals surface area contributed by atoms with Crippen LogP contribution in [0.5, 0.6) is 0 Å². The van der Waals surface area contributed by atoms with Gasteiger partial charge >= 0.3 is 0 Å². The van der Waals surface area contributed by atoms with Crippen LogP contribution in [0.2, 0.25) is 0 Å². The second kappa shape index (κ2) is 9.44. The van der Waals surface area contributed by atoms with E-state index in [0.29, 0.717) is 12.0 Å². The Morgan fingerprint density at radius 2 is 2.00 bits per heavy atom. The van der Waals surface area contributed by atoms with Crippen molar-refractivity contribution in [1.29, 1.82) is 0 Å². The molecule has 14 heavy (non-hydrogen) atoms. The maximum absolute atomic E-state index is 5.09. The lowest BCUT2D eigenvalue weighted by molar-refractivity contribution is 0.155. The fourth-order valence-corrected chi connectivity index (χ4v) is 1.38. The minimum absolute atomic E-state index is 0.560. The monoisotopic (exact) mass is 202 g/mol. The standard InChI is InChI=1S/C11H26N2O/c1-5-12-8-11(3)13-7-6-10(2)9-14-4/h10-13H,5-9H2,1-4H3. The van der Waals surface area contributed by atoms with E-state index >= 15 is 0 Å². The molecule has 0 heterocycles. The van der Waals surface area contributed by atoms with Crippen molar-refractivity contribution in [1.82, 2.24) is 10.6 Å². The molecule has 2 atom stereocenters. The highest BCUT2D eigenvalue weighted by Crippen LogP contribution is 2.00. The van der Waals surface area contributed by atoms with Crippen molar-refractivity contribution in [2.45, 2.75) is 33.2 Å². The van der Waals surface area contributed by atoms with Crippen LogP contribution in [0.15, 0.2) is 0 Å². The normalized spacial score (nSPS) is 15.4. The van der Waals surface area contributed by atoms with Crippen LogP contribution < -0.4 is 10.6 Å². The Labute approximate surface area is 88.6 Å². The number of ether oxygens (including phenoxy) is 1. The summed E-state index contributed by atoms with van der Waals surface area (Å²) in [5.74, 6) is 0.652. The van der Waals surface area contributed by atoms with Gasteiger partial charge in [-0.25, -0.2) is 0 Å². The predicted molar refractivity (Wildman–Crippen MR) is 61.7 cm³/mol. The van der Waals surface area contributed by atoms with E-state index < -0.39 is 0 Å². The molecule has 0 fully saturated rings. The van der Waals surface area contributed by atoms with E-state index in [1.165, 1.54) is 6.42 Å². The van der Waals surface area contributed by atoms with Gasteiger partial charge in [-0.05, 0) is 32.4 Å². The lowest BCUT2D eigenvalue weighted by atomic mass is 10.1. The molecular formula is C11H26N2O. The van der Waals surface area contributed by atoms with Gasteiger partial charge in [-0.1, -0.05) is 13.8 Å². The first-order chi connectivity index (χ1) is 6.70. The van der Waals surface area contributed by atoms with E-state index in [2.05, 4.69) is 31.4 Å². The quantitative estimate of drug-likeness (QED) is 0.590. The maximum Gasteiger partial charge on any atom is 0.0488 e. The molecule has 3 heteroatoms. The van der Waals surface area contributed by atoms with Crippen LogP contribution in [-0.4, -0.2) is 39.4 Å². The molecule has 0 saturated heterocycles. The minimum Gasteiger partial charge on any atom is -0.384 e. The van der Waals surface area contributed by atoms with E-state index in [4.69, 9.17) is 4.74 Å². The Kier molecular flexibility index (Phi) is 9.35. The Bertz CT molecular complexity index is 120. The first-order valence-electron chi connectivity index (χ1n) is 5.63. The molecule has 0 saturated carbocycles. The van der Waals surface area contributed by atoms with Crippen molar-refractivity contribution in [3.05, 3.63) is 0 Å². The molecule has 0 aliphatic rings. The molecule has 86 valence electrons. The average Bonchev–Trinajstić information content (AvgIpc) is 2.15. The summed E-state index contributed by atoms with van der Waals surface area (Å²) in [4.78, 5) is 0. The third-order valence-corrected chi connectivity index (χ3v) is 2.28. The molecule has 0 aliphatic carbocycles. The van der Waals surface area contributed by atoms with Crippen LogP contribution in [0.25, 0.3) is 0 Å². The molecular weight excluding hydrogens is 176 g/mol. The van der Waals surface area contributed by atoms with Crippen molar-refractivity contribution >= 4 is 0 Å². The van der Waals surface area contributed by atoms with Crippen molar-refractivity contribution in [2.24, 2.45) is 5.92 Å². The highest BCUT2D eigenvalue weighted by molar-refractivity contribution is 4.64. The zero-order chi connectivity index (χ0) is 10.8. The van der Waals surface area contributed by atoms with E-state index in [9.17, 15) is 0 Å². The van der Waals surface area contributed by atoms with Crippen LogP contribution in [0.3, 0.4) is 0 Å². The molecule has 3 nitrogen and oxygen atoms in total. The molecule has 0 spiro atoms. The zero-order valence-corrected chi connectivity index (χ0v) is 10.1. The topological polar surface area (TPSA) is 33.3 Å². The summed E-state index contributed by atoms with van der Waals surface area (Å²) in [6, 6.07) is 0.560. The van der Waals surface area contributed by atoms with Crippen LogP contribution in [0.4, 0.5) is 0 Å². The van der Waals surface area contributed by atoms with Crippen molar-refractivity contribution in [2.75, 3.05) is 33.4 Å². The average molecular weight is 202 g/mol. The minimum atomic E-state index is 0.560. The van der Waals surface area contributed by atoms with E-state index in [-0.39, 0.29) is 0 Å². The molecule has 0 radical (unpaired) electrons. The molecule has 0 aliphatic heterocycles. The van der Waals surface area contributed by atoms with Crippen molar-refractivity contribution in [3.8, 4) is 0 Å². The highest BCUT2D eigenvalue weighted by atomic mass is 16.5. The molecule has 0 amide bonds. The summed E-state index contributed by atoms with van der Waals surface area (Å²) < 4.78 is 5.09. The number of methoxy groups -OCH3 is 1. The van der Waals surface area contributed by atoms with Crippen LogP contribution in [0.1, 0.15) is 27.2 Å². The van der Waals surface area contributed by atoms with Crippen LogP contribution >= 0.6 is 0 Å². The van der Waals surface area contributed by atoms with Crippen LogP contribution in [0, 0.1) is 5.92 Å². The summed E-state index contributed by atoms with van der Waals surface area (Å²) in [5.41, 5.74) is 0. The summed E-state index contributed by atoms with van der Waals surface area (Å²) in [6.07, 6.45) is 1.18. The number of likely N-dealkylation sites (N-methyl/N-ethyl adjacent to an activating group) is 1. The third kappa shape index (κ3) is 8.48. The Morgan fingerprint density at radius 3 is 2.57 bits per heavy atom. The van der Waals surface area contributed by atoms with E-state index in [0.717, 1.165) is 26.2 Å². The Hall–Kier alpha value is -0.120. The summed E-state index contributed by atoms with van der Waals surface area (Å²) >= 11 is 0. The van der Waals surface area contributed by atoms with Crippen molar-refractivity contribution < 1.29 is 4.74 Å². The molecule has 0 aromatic carbocycles. The molecule has 0 aromatic rings. The van der Waals surface area contributed by atoms with Gasteiger partial charge in [0.15, 0.2) is 0 Å². The van der Waals surface area contributed by atoms with E-state index in [1.807, 2.05) is 0 Å². The summed E-state index contributed by atoms with van der Waals surface area (Å²) in [7, 11) is 1.76. The number of hydrogen-bond acceptors (Lipinski definition) is 3. The van der Waals surface area contributed by atoms with E-state index in [1.54, 1.807) is 7.11 Å². The van der Waals surface area contributed by atoms with Gasteiger partial charge in [-0.3, -0.25) is 0 Å². The molecule has 2 N–H and O–H groups in total. The maximum atomic E-state index is 5.09. The van der Waals surface area contributed by atoms with Gasteiger partial charge in [0, 0.05) is 26.3 Å². The second-order valence-electron chi connectivity index (χ2n) is 4.01. The highest BCUT2D eigenvalue weighted by Gasteiger charge is 2.03. The number of nitrogens with one attached hydrogen (secondary N) is 2. The second-order valence-corrected chi connectivity index (χ2v) is 4.01. The van der Waals surface area contributed by atoms with Gasteiger partial charge in [0.1, 0.15) is 0 Å². The SMILES string of the molecule is CCNCC(C)NCCC(C)COC. The van der Waals surface area contributed by atoms with Gasteiger partial charge in [0.05, 0.1) is 0 Å². The van der Waals surface area contributed by atoms with Gasteiger partial charge in [0.2, 0.25) is 0 Å². The van der Waals surface area contributed by atoms with Crippen molar-refractivity contribution in [3.63, 3.8) is 0 Å². The molecule has 0 bridgehead atoms. The number of hydrogen-bond donors (Lipinski definition) is 2. The Morgan fingerprint density at radius 1 is 1.29 bits per heavy atom. The Balaban J connectivity index is 3.25. The third-order valence-electron chi connectivity index (χ3n) is 2.28. The smallest absolute Gasteiger partial charge is 0.0488 e. The van der Waals surface area contributed by atoms with Gasteiger partial charge < -0.3 is 15.4 Å². The first kappa shape index (κ1) is 13.9. The van der Waals surface area contributed by atoms with Crippen LogP contribution in [-0.2, 0) is 4.74 Å². The fourth-order valence-electron chi connectivity index (χ4n) is 1.38. The molecule has 2 unspecified atom stereocenters. The summed E-state index contributed by atoms with van der Waals surface area (Å²) in [6.45, 7) is 10.6. The van der Waals surface area contributed by atoms with Gasteiger partial charge in [-0.15, -0.1) is 0 Å². The first-order valence-corrected chi connectivity index (χ1v) is 5.63. The molecule has 0 aromatic heterocycles. The lowest BCUT2D eigenvalue weighted by Gasteiger charge is -2.16. The lowest BCUT2D eigenvalue weighted by Crippen LogP contribution is -2.37. The zero-order valence-electron chi connectivity index (χ0n) is 10.1. The van der Waals surface area contributed by atoms with Gasteiger partial charge in [0.25, 0.3) is 0 Å². The van der Waals surface area contributed by atoms with Gasteiger partial charge in [-0.2, -0.15) is 0 Å². The number of rotatable bonds is 9. The fraction of sp³-hybridized carbons (Fsp3) is 1.00. The largest absolute Gasteiger partial charge is 0.384 e.